The summed E-state index contributed by atoms with van der Waals surface area (Å²) < 4.78 is 5.75. The lowest BCUT2D eigenvalue weighted by Gasteiger charge is -2.24. The van der Waals surface area contributed by atoms with Gasteiger partial charge in [0.2, 0.25) is 5.91 Å². The van der Waals surface area contributed by atoms with Crippen LogP contribution in [0.5, 0.6) is 11.5 Å². The number of nitrogens with two attached hydrogens (primary N) is 1. The summed E-state index contributed by atoms with van der Waals surface area (Å²) in [5.41, 5.74) is 6.31. The number of likely N-dealkylation sites (N-methyl/N-ethyl adjacent to an activating group) is 1. The van der Waals surface area contributed by atoms with E-state index in [4.69, 9.17) is 10.5 Å². The number of ether oxygens (including phenoxy) is 1. The standard InChI is InChI=1S/C20H23N3O3/c1-22-13-16-3-2-12-23(16)20(25)15-6-10-18(11-7-15)26-17-8-4-14(5-9-17)19(21)24/h4-11,16,22H,2-3,12-13H2,1H3,(H2,21,24)/t16-/m1/s1. The molecule has 26 heavy (non-hydrogen) atoms. The Balaban J connectivity index is 1.66. The van der Waals surface area contributed by atoms with Gasteiger partial charge in [-0.25, -0.2) is 0 Å². The predicted molar refractivity (Wildman–Crippen MR) is 99.5 cm³/mol. The fraction of sp³-hybridized carbons (Fsp3) is 0.300. The second-order valence-electron chi connectivity index (χ2n) is 6.37. The van der Waals surface area contributed by atoms with Crippen molar-refractivity contribution in [3.8, 4) is 11.5 Å². The number of rotatable bonds is 6. The van der Waals surface area contributed by atoms with Crippen molar-refractivity contribution >= 4 is 11.8 Å². The summed E-state index contributed by atoms with van der Waals surface area (Å²) in [6.45, 7) is 1.61. The lowest BCUT2D eigenvalue weighted by molar-refractivity contribution is 0.0737. The van der Waals surface area contributed by atoms with Gasteiger partial charge in [-0.05, 0) is 68.4 Å². The van der Waals surface area contributed by atoms with E-state index in [-0.39, 0.29) is 11.9 Å². The van der Waals surface area contributed by atoms with Gasteiger partial charge in [0.1, 0.15) is 11.5 Å². The minimum Gasteiger partial charge on any atom is -0.457 e. The Morgan fingerprint density at radius 1 is 1.08 bits per heavy atom. The number of nitrogens with one attached hydrogen (secondary N) is 1. The number of benzene rings is 2. The highest BCUT2D eigenvalue weighted by atomic mass is 16.5. The number of amides is 2. The molecular formula is C20H23N3O3. The van der Waals surface area contributed by atoms with Crippen LogP contribution < -0.4 is 15.8 Å². The number of carbonyl (C=O) groups excluding carboxylic acids is 2. The second kappa shape index (κ2) is 8.01. The maximum absolute atomic E-state index is 12.7. The Bertz CT molecular complexity index is 772. The largest absolute Gasteiger partial charge is 0.457 e. The van der Waals surface area contributed by atoms with Crippen LogP contribution in [-0.4, -0.2) is 42.9 Å². The Kier molecular flexibility index (Phi) is 5.53. The van der Waals surface area contributed by atoms with Crippen LogP contribution in [0.3, 0.4) is 0 Å². The molecule has 1 aliphatic rings. The fourth-order valence-corrected chi connectivity index (χ4v) is 3.21. The monoisotopic (exact) mass is 353 g/mol. The molecule has 1 atom stereocenters. The number of hydrogen-bond acceptors (Lipinski definition) is 4. The first-order valence-corrected chi connectivity index (χ1v) is 8.72. The van der Waals surface area contributed by atoms with Crippen molar-refractivity contribution in [2.75, 3.05) is 20.1 Å². The molecule has 0 saturated carbocycles. The van der Waals surface area contributed by atoms with Crippen molar-refractivity contribution in [3.63, 3.8) is 0 Å². The molecule has 0 spiro atoms. The van der Waals surface area contributed by atoms with Gasteiger partial charge in [-0.15, -0.1) is 0 Å². The first-order valence-electron chi connectivity index (χ1n) is 8.72. The van der Waals surface area contributed by atoms with Crippen LogP contribution in [0.4, 0.5) is 0 Å². The zero-order chi connectivity index (χ0) is 18.5. The molecule has 2 aromatic carbocycles. The second-order valence-corrected chi connectivity index (χ2v) is 6.37. The van der Waals surface area contributed by atoms with Crippen LogP contribution in [0, 0.1) is 0 Å². The number of likely N-dealkylation sites (tertiary alicyclic amines) is 1. The molecule has 136 valence electrons. The molecule has 0 aromatic heterocycles. The van der Waals surface area contributed by atoms with Gasteiger partial charge < -0.3 is 20.7 Å². The Morgan fingerprint density at radius 2 is 1.65 bits per heavy atom. The minimum absolute atomic E-state index is 0.0557. The van der Waals surface area contributed by atoms with Crippen LogP contribution in [0.15, 0.2) is 48.5 Å². The molecule has 1 heterocycles. The smallest absolute Gasteiger partial charge is 0.254 e. The van der Waals surface area contributed by atoms with Crippen molar-refractivity contribution in [1.29, 1.82) is 0 Å². The molecular weight excluding hydrogens is 330 g/mol. The lowest BCUT2D eigenvalue weighted by Crippen LogP contribution is -2.40. The van der Waals surface area contributed by atoms with Crippen molar-refractivity contribution in [2.45, 2.75) is 18.9 Å². The highest BCUT2D eigenvalue weighted by Crippen LogP contribution is 2.24. The van der Waals surface area contributed by atoms with E-state index in [9.17, 15) is 9.59 Å². The van der Waals surface area contributed by atoms with Crippen LogP contribution in [0.2, 0.25) is 0 Å². The summed E-state index contributed by atoms with van der Waals surface area (Å²) in [4.78, 5) is 25.7. The molecule has 1 aliphatic heterocycles. The van der Waals surface area contributed by atoms with E-state index in [1.807, 2.05) is 11.9 Å². The fourth-order valence-electron chi connectivity index (χ4n) is 3.21. The van der Waals surface area contributed by atoms with E-state index in [2.05, 4.69) is 5.32 Å². The summed E-state index contributed by atoms with van der Waals surface area (Å²) in [6.07, 6.45) is 2.08. The third-order valence-corrected chi connectivity index (χ3v) is 4.55. The number of carbonyl (C=O) groups is 2. The first-order chi connectivity index (χ1) is 12.6. The Hall–Kier alpha value is -2.86. The molecule has 3 N–H and O–H groups in total. The number of nitrogens with zero attached hydrogens (tertiary/aromatic N) is 1. The third-order valence-electron chi connectivity index (χ3n) is 4.55. The van der Waals surface area contributed by atoms with E-state index in [0.717, 1.165) is 25.9 Å². The SMILES string of the molecule is CNC[C@H]1CCCN1C(=O)c1ccc(Oc2ccc(C(N)=O)cc2)cc1. The quantitative estimate of drug-likeness (QED) is 0.835. The lowest BCUT2D eigenvalue weighted by atomic mass is 10.1. The highest BCUT2D eigenvalue weighted by molar-refractivity contribution is 5.94. The summed E-state index contributed by atoms with van der Waals surface area (Å²) in [7, 11) is 1.91. The first kappa shape index (κ1) is 17.9. The maximum Gasteiger partial charge on any atom is 0.254 e. The summed E-state index contributed by atoms with van der Waals surface area (Å²) in [5.74, 6) is 0.808. The Morgan fingerprint density at radius 3 is 2.19 bits per heavy atom. The maximum atomic E-state index is 12.7. The topological polar surface area (TPSA) is 84.7 Å². The number of hydrogen-bond donors (Lipinski definition) is 2. The molecule has 3 rings (SSSR count). The van der Waals surface area contributed by atoms with Gasteiger partial charge in [0.25, 0.3) is 5.91 Å². The molecule has 1 fully saturated rings. The van der Waals surface area contributed by atoms with Gasteiger partial charge in [-0.2, -0.15) is 0 Å². The molecule has 6 nitrogen and oxygen atoms in total. The van der Waals surface area contributed by atoms with Gasteiger partial charge in [-0.3, -0.25) is 9.59 Å². The zero-order valence-corrected chi connectivity index (χ0v) is 14.8. The molecule has 0 radical (unpaired) electrons. The van der Waals surface area contributed by atoms with E-state index in [1.54, 1.807) is 48.5 Å². The van der Waals surface area contributed by atoms with Crippen molar-refractivity contribution in [1.82, 2.24) is 10.2 Å². The summed E-state index contributed by atoms with van der Waals surface area (Å²) in [5, 5.41) is 3.15. The minimum atomic E-state index is -0.474. The van der Waals surface area contributed by atoms with Gasteiger partial charge in [0.15, 0.2) is 0 Å². The van der Waals surface area contributed by atoms with Crippen LogP contribution in [0.25, 0.3) is 0 Å². The van der Waals surface area contributed by atoms with E-state index < -0.39 is 5.91 Å². The summed E-state index contributed by atoms with van der Waals surface area (Å²) >= 11 is 0. The van der Waals surface area contributed by atoms with Crippen LogP contribution >= 0.6 is 0 Å². The van der Waals surface area contributed by atoms with Crippen molar-refractivity contribution in [2.24, 2.45) is 5.73 Å². The van der Waals surface area contributed by atoms with E-state index >= 15 is 0 Å². The van der Waals surface area contributed by atoms with Crippen LogP contribution in [-0.2, 0) is 0 Å². The number of primary amides is 1. The van der Waals surface area contributed by atoms with Gasteiger partial charge in [0, 0.05) is 30.3 Å². The molecule has 0 unspecified atom stereocenters. The Labute approximate surface area is 152 Å². The summed E-state index contributed by atoms with van der Waals surface area (Å²) in [6, 6.07) is 14.0. The molecule has 6 heteroatoms. The molecule has 2 amide bonds. The molecule has 0 bridgehead atoms. The average Bonchev–Trinajstić information content (AvgIpc) is 3.11. The van der Waals surface area contributed by atoms with E-state index in [0.29, 0.717) is 22.6 Å². The van der Waals surface area contributed by atoms with Gasteiger partial charge >= 0.3 is 0 Å². The third kappa shape index (κ3) is 4.03. The van der Waals surface area contributed by atoms with Gasteiger partial charge in [0.05, 0.1) is 0 Å². The van der Waals surface area contributed by atoms with Gasteiger partial charge in [-0.1, -0.05) is 0 Å². The molecule has 2 aromatic rings. The predicted octanol–water partition coefficient (Wildman–Crippen LogP) is 2.40. The average molecular weight is 353 g/mol. The molecule has 0 aliphatic carbocycles. The van der Waals surface area contributed by atoms with Crippen LogP contribution in [0.1, 0.15) is 33.6 Å². The zero-order valence-electron chi connectivity index (χ0n) is 14.8. The van der Waals surface area contributed by atoms with Crippen molar-refractivity contribution in [3.05, 3.63) is 59.7 Å². The highest BCUT2D eigenvalue weighted by Gasteiger charge is 2.28. The molecule has 1 saturated heterocycles. The normalized spacial score (nSPS) is 16.5. The van der Waals surface area contributed by atoms with E-state index in [1.165, 1.54) is 0 Å². The van der Waals surface area contributed by atoms with Crippen molar-refractivity contribution < 1.29 is 14.3 Å².